The second-order valence-corrected chi connectivity index (χ2v) is 5.04. The van der Waals surface area contributed by atoms with Crippen molar-refractivity contribution in [2.24, 2.45) is 4.99 Å². The molecule has 0 unspecified atom stereocenters. The summed E-state index contributed by atoms with van der Waals surface area (Å²) < 4.78 is 38.0. The number of aliphatic imine (C=N–C) groups is 1. The largest absolute Gasteiger partial charge is 0.416 e. The molecule has 1 aromatic rings. The van der Waals surface area contributed by atoms with Gasteiger partial charge >= 0.3 is 6.18 Å². The lowest BCUT2D eigenvalue weighted by atomic mass is 10.1. The zero-order valence-corrected chi connectivity index (χ0v) is 13.4. The van der Waals surface area contributed by atoms with Gasteiger partial charge in [0.05, 0.1) is 18.7 Å². The van der Waals surface area contributed by atoms with Crippen LogP contribution in [0, 0.1) is 0 Å². The molecule has 0 aliphatic rings. The molecular formula is C15H21F3N4O. The number of halogens is 3. The number of guanidine groups is 1. The van der Waals surface area contributed by atoms with Gasteiger partial charge in [0.15, 0.2) is 5.96 Å². The van der Waals surface area contributed by atoms with Crippen molar-refractivity contribution in [3.8, 4) is 0 Å². The SMILES string of the molecule is CCNC(=NCc1cccc(C(F)(F)F)c1)NCC(=O)N(C)C. The summed E-state index contributed by atoms with van der Waals surface area (Å²) in [7, 11) is 3.27. The molecule has 8 heteroatoms. The Labute approximate surface area is 133 Å². The first-order valence-corrected chi connectivity index (χ1v) is 7.12. The van der Waals surface area contributed by atoms with Crippen LogP contribution in [0.25, 0.3) is 0 Å². The van der Waals surface area contributed by atoms with Crippen molar-refractivity contribution in [3.05, 3.63) is 35.4 Å². The van der Waals surface area contributed by atoms with Crippen LogP contribution in [0.1, 0.15) is 18.1 Å². The van der Waals surface area contributed by atoms with Gasteiger partial charge in [-0.25, -0.2) is 4.99 Å². The number of nitrogens with one attached hydrogen (secondary N) is 2. The molecule has 0 aliphatic heterocycles. The number of rotatable bonds is 5. The number of benzene rings is 1. The first-order valence-electron chi connectivity index (χ1n) is 7.12. The van der Waals surface area contributed by atoms with E-state index in [4.69, 9.17) is 0 Å². The Hall–Kier alpha value is -2.25. The second kappa shape index (κ2) is 8.40. The highest BCUT2D eigenvalue weighted by Crippen LogP contribution is 2.29. The Kier molecular flexibility index (Phi) is 6.87. The van der Waals surface area contributed by atoms with Crippen LogP contribution in [0.15, 0.2) is 29.3 Å². The number of nitrogens with zero attached hydrogens (tertiary/aromatic N) is 2. The number of hydrogen-bond acceptors (Lipinski definition) is 2. The molecule has 0 saturated carbocycles. The van der Waals surface area contributed by atoms with Crippen molar-refractivity contribution in [2.45, 2.75) is 19.6 Å². The molecule has 1 rings (SSSR count). The van der Waals surface area contributed by atoms with Gasteiger partial charge in [0, 0.05) is 20.6 Å². The van der Waals surface area contributed by atoms with E-state index in [1.165, 1.54) is 11.0 Å². The lowest BCUT2D eigenvalue weighted by Crippen LogP contribution is -2.42. The molecule has 2 N–H and O–H groups in total. The fourth-order valence-electron chi connectivity index (χ4n) is 1.68. The second-order valence-electron chi connectivity index (χ2n) is 5.04. The third-order valence-electron chi connectivity index (χ3n) is 2.92. The predicted molar refractivity (Wildman–Crippen MR) is 83.0 cm³/mol. The van der Waals surface area contributed by atoms with Crippen LogP contribution >= 0.6 is 0 Å². The number of hydrogen-bond donors (Lipinski definition) is 2. The van der Waals surface area contributed by atoms with Crippen LogP contribution in [0.4, 0.5) is 13.2 Å². The van der Waals surface area contributed by atoms with Gasteiger partial charge in [-0.1, -0.05) is 12.1 Å². The standard InChI is InChI=1S/C15H21F3N4O/c1-4-19-14(21-10-13(23)22(2)3)20-9-11-6-5-7-12(8-11)15(16,17)18/h5-8H,4,9-10H2,1-3H3,(H2,19,20,21). The molecule has 0 aliphatic carbocycles. The third-order valence-corrected chi connectivity index (χ3v) is 2.92. The molecule has 1 amide bonds. The minimum atomic E-state index is -4.37. The summed E-state index contributed by atoms with van der Waals surface area (Å²) in [6.07, 6.45) is -4.37. The highest BCUT2D eigenvalue weighted by Gasteiger charge is 2.30. The maximum atomic E-state index is 12.7. The van der Waals surface area contributed by atoms with Gasteiger partial charge in [0.2, 0.25) is 5.91 Å². The van der Waals surface area contributed by atoms with E-state index in [1.54, 1.807) is 20.2 Å². The molecule has 0 fully saturated rings. The van der Waals surface area contributed by atoms with Crippen molar-refractivity contribution >= 4 is 11.9 Å². The summed E-state index contributed by atoms with van der Waals surface area (Å²) in [5.41, 5.74) is -0.262. The molecule has 1 aromatic carbocycles. The van der Waals surface area contributed by atoms with Crippen molar-refractivity contribution < 1.29 is 18.0 Å². The Morgan fingerprint density at radius 1 is 1.26 bits per heavy atom. The van der Waals surface area contributed by atoms with Gasteiger partial charge < -0.3 is 15.5 Å². The van der Waals surface area contributed by atoms with Gasteiger partial charge in [-0.15, -0.1) is 0 Å². The quantitative estimate of drug-likeness (QED) is 0.640. The molecule has 128 valence electrons. The highest BCUT2D eigenvalue weighted by atomic mass is 19.4. The molecule has 0 radical (unpaired) electrons. The molecule has 0 bridgehead atoms. The predicted octanol–water partition coefficient (Wildman–Crippen LogP) is 1.85. The number of carbonyl (C=O) groups excluding carboxylic acids is 1. The summed E-state index contributed by atoms with van der Waals surface area (Å²) in [6.45, 7) is 2.57. The molecule has 0 saturated heterocycles. The van der Waals surface area contributed by atoms with E-state index in [0.717, 1.165) is 12.1 Å². The van der Waals surface area contributed by atoms with E-state index < -0.39 is 11.7 Å². The normalized spacial score (nSPS) is 12.0. The maximum Gasteiger partial charge on any atom is 0.416 e. The summed E-state index contributed by atoms with van der Waals surface area (Å²) in [6, 6.07) is 5.02. The Morgan fingerprint density at radius 3 is 2.52 bits per heavy atom. The number of carbonyl (C=O) groups is 1. The van der Waals surface area contributed by atoms with Crippen LogP contribution in [0.2, 0.25) is 0 Å². The number of alkyl halides is 3. The van der Waals surface area contributed by atoms with Gasteiger partial charge in [0.1, 0.15) is 0 Å². The van der Waals surface area contributed by atoms with Crippen LogP contribution in [-0.2, 0) is 17.5 Å². The van der Waals surface area contributed by atoms with Crippen LogP contribution in [-0.4, -0.2) is 44.0 Å². The van der Waals surface area contributed by atoms with Crippen LogP contribution in [0.5, 0.6) is 0 Å². The first-order chi connectivity index (χ1) is 10.7. The third kappa shape index (κ3) is 6.58. The summed E-state index contributed by atoms with van der Waals surface area (Å²) in [5.74, 6) is 0.245. The molecule has 23 heavy (non-hydrogen) atoms. The fraction of sp³-hybridized carbons (Fsp3) is 0.467. The van der Waals surface area contributed by atoms with Crippen LogP contribution < -0.4 is 10.6 Å². The van der Waals surface area contributed by atoms with E-state index in [2.05, 4.69) is 15.6 Å². The molecule has 0 heterocycles. The zero-order chi connectivity index (χ0) is 17.5. The van der Waals surface area contributed by atoms with Gasteiger partial charge in [-0.05, 0) is 24.6 Å². The van der Waals surface area contributed by atoms with Crippen molar-refractivity contribution in [3.63, 3.8) is 0 Å². The van der Waals surface area contributed by atoms with E-state index in [9.17, 15) is 18.0 Å². The molecule has 5 nitrogen and oxygen atoms in total. The summed E-state index contributed by atoms with van der Waals surface area (Å²) in [4.78, 5) is 17.2. The van der Waals surface area contributed by atoms with Crippen LogP contribution in [0.3, 0.4) is 0 Å². The smallest absolute Gasteiger partial charge is 0.357 e. The summed E-state index contributed by atoms with van der Waals surface area (Å²) >= 11 is 0. The average Bonchev–Trinajstić information content (AvgIpc) is 2.49. The fourth-order valence-corrected chi connectivity index (χ4v) is 1.68. The van der Waals surface area contributed by atoms with E-state index in [1.807, 2.05) is 6.92 Å². The molecular weight excluding hydrogens is 309 g/mol. The molecule has 0 aromatic heterocycles. The topological polar surface area (TPSA) is 56.7 Å². The first kappa shape index (κ1) is 18.8. The van der Waals surface area contributed by atoms with Gasteiger partial charge in [-0.3, -0.25) is 4.79 Å². The Morgan fingerprint density at radius 2 is 1.96 bits per heavy atom. The van der Waals surface area contributed by atoms with E-state index >= 15 is 0 Å². The molecule has 0 spiro atoms. The van der Waals surface area contributed by atoms with E-state index in [-0.39, 0.29) is 19.0 Å². The number of likely N-dealkylation sites (N-methyl/N-ethyl adjacent to an activating group) is 1. The lowest BCUT2D eigenvalue weighted by molar-refractivity contribution is -0.137. The minimum Gasteiger partial charge on any atom is -0.357 e. The maximum absolute atomic E-state index is 12.7. The lowest BCUT2D eigenvalue weighted by Gasteiger charge is -2.14. The van der Waals surface area contributed by atoms with Gasteiger partial charge in [-0.2, -0.15) is 13.2 Å². The average molecular weight is 330 g/mol. The molecule has 0 atom stereocenters. The van der Waals surface area contributed by atoms with Crippen molar-refractivity contribution in [2.75, 3.05) is 27.2 Å². The van der Waals surface area contributed by atoms with Gasteiger partial charge in [0.25, 0.3) is 0 Å². The Bertz CT molecular complexity index is 556. The van der Waals surface area contributed by atoms with Crippen molar-refractivity contribution in [1.29, 1.82) is 0 Å². The zero-order valence-electron chi connectivity index (χ0n) is 13.4. The monoisotopic (exact) mass is 330 g/mol. The van der Waals surface area contributed by atoms with E-state index in [0.29, 0.717) is 18.1 Å². The summed E-state index contributed by atoms with van der Waals surface area (Å²) in [5, 5.41) is 5.78. The highest BCUT2D eigenvalue weighted by molar-refractivity contribution is 5.86. The minimum absolute atomic E-state index is 0.0570. The van der Waals surface area contributed by atoms with Crippen molar-refractivity contribution in [1.82, 2.24) is 15.5 Å². The number of amides is 1. The Balaban J connectivity index is 2.75.